The summed E-state index contributed by atoms with van der Waals surface area (Å²) in [6.45, 7) is -0.312. The first kappa shape index (κ1) is 18.9. The Hall–Kier alpha value is -2.90. The smallest absolute Gasteiger partial charge is 0.243 e. The third-order valence-corrected chi connectivity index (χ3v) is 5.98. The SMILES string of the molecule is COc1ccccc1NC(=O)CN(C)S(=O)(=O)c1ccc2ccccc2c1. The van der Waals surface area contributed by atoms with Gasteiger partial charge in [-0.25, -0.2) is 8.42 Å². The molecule has 1 amide bonds. The second-order valence-corrected chi connectivity index (χ2v) is 8.06. The van der Waals surface area contributed by atoms with Crippen LogP contribution >= 0.6 is 0 Å². The number of likely N-dealkylation sites (N-methyl/N-ethyl adjacent to an activating group) is 1. The van der Waals surface area contributed by atoms with E-state index in [-0.39, 0.29) is 11.4 Å². The molecule has 0 bridgehead atoms. The van der Waals surface area contributed by atoms with Gasteiger partial charge in [0.15, 0.2) is 0 Å². The second kappa shape index (κ2) is 7.77. The number of para-hydroxylation sites is 2. The van der Waals surface area contributed by atoms with Gasteiger partial charge in [-0.2, -0.15) is 4.31 Å². The maximum Gasteiger partial charge on any atom is 0.243 e. The molecule has 0 heterocycles. The van der Waals surface area contributed by atoms with Crippen LogP contribution in [0.25, 0.3) is 10.8 Å². The molecule has 140 valence electrons. The number of sulfonamides is 1. The zero-order valence-electron chi connectivity index (χ0n) is 15.0. The van der Waals surface area contributed by atoms with Crippen molar-refractivity contribution in [2.45, 2.75) is 4.90 Å². The number of carbonyl (C=O) groups excluding carboxylic acids is 1. The maximum absolute atomic E-state index is 12.8. The van der Waals surface area contributed by atoms with E-state index >= 15 is 0 Å². The summed E-state index contributed by atoms with van der Waals surface area (Å²) < 4.78 is 31.8. The van der Waals surface area contributed by atoms with E-state index in [1.54, 1.807) is 42.5 Å². The fourth-order valence-corrected chi connectivity index (χ4v) is 3.90. The first-order chi connectivity index (χ1) is 12.9. The van der Waals surface area contributed by atoms with E-state index in [1.165, 1.54) is 14.2 Å². The number of nitrogens with one attached hydrogen (secondary N) is 1. The quantitative estimate of drug-likeness (QED) is 0.709. The molecule has 27 heavy (non-hydrogen) atoms. The summed E-state index contributed by atoms with van der Waals surface area (Å²) in [4.78, 5) is 12.5. The van der Waals surface area contributed by atoms with Gasteiger partial charge in [0.05, 0.1) is 24.2 Å². The van der Waals surface area contributed by atoms with Gasteiger partial charge in [-0.05, 0) is 35.0 Å². The number of hydrogen-bond donors (Lipinski definition) is 1. The van der Waals surface area contributed by atoms with Gasteiger partial charge in [0.1, 0.15) is 5.75 Å². The van der Waals surface area contributed by atoms with Crippen molar-refractivity contribution in [3.8, 4) is 5.75 Å². The van der Waals surface area contributed by atoms with Gasteiger partial charge in [-0.3, -0.25) is 4.79 Å². The topological polar surface area (TPSA) is 75.7 Å². The first-order valence-corrected chi connectivity index (χ1v) is 9.74. The predicted octanol–water partition coefficient (Wildman–Crippen LogP) is 3.11. The molecule has 7 heteroatoms. The molecule has 3 aromatic carbocycles. The number of benzene rings is 3. The van der Waals surface area contributed by atoms with Crippen molar-refractivity contribution in [1.82, 2.24) is 4.31 Å². The monoisotopic (exact) mass is 384 g/mol. The van der Waals surface area contributed by atoms with Gasteiger partial charge in [0.2, 0.25) is 15.9 Å². The Balaban J connectivity index is 1.77. The van der Waals surface area contributed by atoms with Crippen molar-refractivity contribution in [1.29, 1.82) is 0 Å². The van der Waals surface area contributed by atoms with E-state index in [0.717, 1.165) is 15.1 Å². The first-order valence-electron chi connectivity index (χ1n) is 8.30. The molecule has 0 radical (unpaired) electrons. The normalized spacial score (nSPS) is 11.5. The molecule has 0 saturated heterocycles. The number of amides is 1. The van der Waals surface area contributed by atoms with Gasteiger partial charge in [-0.1, -0.05) is 42.5 Å². The van der Waals surface area contributed by atoms with Crippen molar-refractivity contribution in [2.75, 3.05) is 26.0 Å². The summed E-state index contributed by atoms with van der Waals surface area (Å²) in [5, 5.41) is 4.45. The fourth-order valence-electron chi connectivity index (χ4n) is 2.73. The number of hydrogen-bond acceptors (Lipinski definition) is 4. The zero-order valence-corrected chi connectivity index (χ0v) is 15.9. The molecule has 0 atom stereocenters. The third-order valence-electron chi connectivity index (χ3n) is 4.18. The average Bonchev–Trinajstić information content (AvgIpc) is 2.67. The lowest BCUT2D eigenvalue weighted by Crippen LogP contribution is -2.35. The minimum Gasteiger partial charge on any atom is -0.495 e. The van der Waals surface area contributed by atoms with Gasteiger partial charge >= 0.3 is 0 Å². The maximum atomic E-state index is 12.8. The second-order valence-electron chi connectivity index (χ2n) is 6.02. The van der Waals surface area contributed by atoms with E-state index in [2.05, 4.69) is 5.32 Å². The lowest BCUT2D eigenvalue weighted by Gasteiger charge is -2.18. The van der Waals surface area contributed by atoms with Crippen molar-refractivity contribution in [2.24, 2.45) is 0 Å². The number of methoxy groups -OCH3 is 1. The lowest BCUT2D eigenvalue weighted by molar-refractivity contribution is -0.116. The molecule has 3 rings (SSSR count). The number of fused-ring (bicyclic) bond motifs is 1. The van der Waals surface area contributed by atoms with Crippen LogP contribution in [0.2, 0.25) is 0 Å². The Labute approximate surface area is 158 Å². The van der Waals surface area contributed by atoms with Crippen LogP contribution in [0.1, 0.15) is 0 Å². The molecule has 0 aromatic heterocycles. The van der Waals surface area contributed by atoms with Crippen LogP contribution in [0, 0.1) is 0 Å². The lowest BCUT2D eigenvalue weighted by atomic mass is 10.1. The summed E-state index contributed by atoms with van der Waals surface area (Å²) in [6.07, 6.45) is 0. The van der Waals surface area contributed by atoms with Crippen molar-refractivity contribution in [3.63, 3.8) is 0 Å². The number of anilines is 1. The molecular weight excluding hydrogens is 364 g/mol. The number of ether oxygens (including phenoxy) is 1. The summed E-state index contributed by atoms with van der Waals surface area (Å²) >= 11 is 0. The van der Waals surface area contributed by atoms with Crippen LogP contribution in [-0.2, 0) is 14.8 Å². The van der Waals surface area contributed by atoms with Crippen LogP contribution in [0.5, 0.6) is 5.75 Å². The van der Waals surface area contributed by atoms with Crippen LogP contribution in [0.15, 0.2) is 71.6 Å². The summed E-state index contributed by atoms with van der Waals surface area (Å²) in [7, 11) is -0.910. The largest absolute Gasteiger partial charge is 0.495 e. The van der Waals surface area contributed by atoms with E-state index < -0.39 is 15.9 Å². The van der Waals surface area contributed by atoms with E-state index in [1.807, 2.05) is 24.3 Å². The Morgan fingerprint density at radius 2 is 1.67 bits per heavy atom. The van der Waals surface area contributed by atoms with Crippen molar-refractivity contribution >= 4 is 32.4 Å². The highest BCUT2D eigenvalue weighted by Gasteiger charge is 2.23. The van der Waals surface area contributed by atoms with Gasteiger partial charge in [0, 0.05) is 7.05 Å². The molecule has 0 spiro atoms. The van der Waals surface area contributed by atoms with Crippen molar-refractivity contribution < 1.29 is 17.9 Å². The highest BCUT2D eigenvalue weighted by Crippen LogP contribution is 2.24. The molecule has 0 aliphatic carbocycles. The molecule has 0 fully saturated rings. The fraction of sp³-hybridized carbons (Fsp3) is 0.150. The molecule has 0 saturated carbocycles. The van der Waals surface area contributed by atoms with Gasteiger partial charge in [-0.15, -0.1) is 0 Å². The molecule has 0 aliphatic rings. The van der Waals surface area contributed by atoms with Gasteiger partial charge in [0.25, 0.3) is 0 Å². The molecule has 3 aromatic rings. The zero-order chi connectivity index (χ0) is 19.4. The van der Waals surface area contributed by atoms with Gasteiger partial charge < -0.3 is 10.1 Å². The average molecular weight is 384 g/mol. The highest BCUT2D eigenvalue weighted by atomic mass is 32.2. The summed E-state index contributed by atoms with van der Waals surface area (Å²) in [6, 6.07) is 19.4. The minimum absolute atomic E-state index is 0.147. The summed E-state index contributed by atoms with van der Waals surface area (Å²) in [5.41, 5.74) is 0.488. The Bertz CT molecular complexity index is 1080. The molecular formula is C20H20N2O4S. The number of rotatable bonds is 6. The Morgan fingerprint density at radius 3 is 2.41 bits per heavy atom. The predicted molar refractivity (Wildman–Crippen MR) is 105 cm³/mol. The standard InChI is InChI=1S/C20H20N2O4S/c1-22(14-20(23)21-18-9-5-6-10-19(18)26-2)27(24,25)17-12-11-15-7-3-4-8-16(15)13-17/h3-13H,14H2,1-2H3,(H,21,23). The highest BCUT2D eigenvalue weighted by molar-refractivity contribution is 7.89. The third kappa shape index (κ3) is 4.10. The minimum atomic E-state index is -3.79. The van der Waals surface area contributed by atoms with E-state index in [4.69, 9.17) is 4.74 Å². The number of carbonyl (C=O) groups is 1. The summed E-state index contributed by atoms with van der Waals surface area (Å²) in [5.74, 6) is 0.0530. The molecule has 6 nitrogen and oxygen atoms in total. The Morgan fingerprint density at radius 1 is 1.00 bits per heavy atom. The van der Waals surface area contributed by atoms with Crippen LogP contribution in [-0.4, -0.2) is 39.3 Å². The molecule has 0 aliphatic heterocycles. The van der Waals surface area contributed by atoms with Crippen LogP contribution < -0.4 is 10.1 Å². The molecule has 0 unspecified atom stereocenters. The molecule has 1 N–H and O–H groups in total. The van der Waals surface area contributed by atoms with Crippen LogP contribution in [0.3, 0.4) is 0 Å². The van der Waals surface area contributed by atoms with E-state index in [9.17, 15) is 13.2 Å². The van der Waals surface area contributed by atoms with Crippen LogP contribution in [0.4, 0.5) is 5.69 Å². The number of nitrogens with zero attached hydrogens (tertiary/aromatic N) is 1. The van der Waals surface area contributed by atoms with E-state index in [0.29, 0.717) is 11.4 Å². The van der Waals surface area contributed by atoms with Crippen molar-refractivity contribution in [3.05, 3.63) is 66.7 Å². The Kier molecular flexibility index (Phi) is 5.43.